The SMILES string of the molecule is CC(NC1CC2CC=CC21)c1ccccc1Br. The molecule has 0 radical (unpaired) electrons. The van der Waals surface area contributed by atoms with Gasteiger partial charge in [-0.3, -0.25) is 0 Å². The molecule has 2 aliphatic carbocycles. The molecule has 17 heavy (non-hydrogen) atoms. The van der Waals surface area contributed by atoms with Gasteiger partial charge in [0, 0.05) is 16.6 Å². The Kier molecular flexibility index (Phi) is 3.10. The largest absolute Gasteiger partial charge is 0.307 e. The van der Waals surface area contributed by atoms with Crippen molar-refractivity contribution in [2.45, 2.75) is 31.8 Å². The van der Waals surface area contributed by atoms with Gasteiger partial charge in [0.15, 0.2) is 0 Å². The third-order valence-electron chi connectivity index (χ3n) is 4.20. The van der Waals surface area contributed by atoms with Crippen LogP contribution in [0.5, 0.6) is 0 Å². The Labute approximate surface area is 111 Å². The lowest BCUT2D eigenvalue weighted by atomic mass is 9.71. The van der Waals surface area contributed by atoms with Crippen LogP contribution in [0, 0.1) is 11.8 Å². The summed E-state index contributed by atoms with van der Waals surface area (Å²) in [7, 11) is 0. The van der Waals surface area contributed by atoms with Gasteiger partial charge in [-0.15, -0.1) is 0 Å². The lowest BCUT2D eigenvalue weighted by Crippen LogP contribution is -2.48. The number of nitrogens with one attached hydrogen (secondary N) is 1. The van der Waals surface area contributed by atoms with Crippen LogP contribution in [0.1, 0.15) is 31.4 Å². The van der Waals surface area contributed by atoms with E-state index < -0.39 is 0 Å². The fraction of sp³-hybridized carbons (Fsp3) is 0.467. The molecule has 4 unspecified atom stereocenters. The van der Waals surface area contributed by atoms with Crippen LogP contribution in [0.3, 0.4) is 0 Å². The zero-order valence-electron chi connectivity index (χ0n) is 10.1. The lowest BCUT2D eigenvalue weighted by molar-refractivity contribution is 0.152. The molecule has 2 aliphatic rings. The number of rotatable bonds is 3. The van der Waals surface area contributed by atoms with Crippen molar-refractivity contribution in [2.75, 3.05) is 0 Å². The molecule has 4 atom stereocenters. The van der Waals surface area contributed by atoms with Gasteiger partial charge in [0.05, 0.1) is 0 Å². The van der Waals surface area contributed by atoms with Crippen LogP contribution in [0.25, 0.3) is 0 Å². The van der Waals surface area contributed by atoms with Gasteiger partial charge in [-0.05, 0) is 43.2 Å². The van der Waals surface area contributed by atoms with Crippen molar-refractivity contribution in [1.29, 1.82) is 0 Å². The smallest absolute Gasteiger partial charge is 0.0305 e. The highest BCUT2D eigenvalue weighted by Gasteiger charge is 2.41. The van der Waals surface area contributed by atoms with Crippen molar-refractivity contribution in [3.05, 3.63) is 46.5 Å². The summed E-state index contributed by atoms with van der Waals surface area (Å²) in [5.74, 6) is 1.72. The molecule has 1 aromatic rings. The second-order valence-corrected chi connectivity index (χ2v) is 6.11. The first-order valence-corrected chi connectivity index (χ1v) is 7.22. The summed E-state index contributed by atoms with van der Waals surface area (Å²) >= 11 is 3.63. The van der Waals surface area contributed by atoms with Crippen LogP contribution in [-0.4, -0.2) is 6.04 Å². The van der Waals surface area contributed by atoms with E-state index in [0.29, 0.717) is 12.1 Å². The minimum absolute atomic E-state index is 0.422. The highest BCUT2D eigenvalue weighted by atomic mass is 79.9. The van der Waals surface area contributed by atoms with E-state index >= 15 is 0 Å². The molecular formula is C15H18BrN. The van der Waals surface area contributed by atoms with E-state index in [0.717, 1.165) is 11.8 Å². The minimum atomic E-state index is 0.422. The standard InChI is InChI=1S/C15H18BrN/c1-10(12-6-2-3-8-14(12)16)17-15-9-11-5-4-7-13(11)15/h2-4,6-8,10-11,13,15,17H,5,9H2,1H3. The van der Waals surface area contributed by atoms with E-state index in [9.17, 15) is 0 Å². The third kappa shape index (κ3) is 2.09. The van der Waals surface area contributed by atoms with Gasteiger partial charge in [0.1, 0.15) is 0 Å². The fourth-order valence-electron chi connectivity index (χ4n) is 3.14. The van der Waals surface area contributed by atoms with E-state index in [4.69, 9.17) is 0 Å². The number of benzene rings is 1. The van der Waals surface area contributed by atoms with Crippen LogP contribution < -0.4 is 5.32 Å². The van der Waals surface area contributed by atoms with Gasteiger partial charge in [-0.1, -0.05) is 46.3 Å². The average Bonchev–Trinajstić information content (AvgIpc) is 2.68. The molecule has 0 spiro atoms. The summed E-state index contributed by atoms with van der Waals surface area (Å²) in [4.78, 5) is 0. The molecule has 2 heteroatoms. The lowest BCUT2D eigenvalue weighted by Gasteiger charge is -2.42. The summed E-state index contributed by atoms with van der Waals surface area (Å²) < 4.78 is 1.21. The maximum Gasteiger partial charge on any atom is 0.0305 e. The van der Waals surface area contributed by atoms with E-state index in [1.54, 1.807) is 0 Å². The monoisotopic (exact) mass is 291 g/mol. The molecule has 1 N–H and O–H groups in total. The van der Waals surface area contributed by atoms with Crippen LogP contribution >= 0.6 is 15.9 Å². The normalized spacial score (nSPS) is 32.0. The molecule has 0 aliphatic heterocycles. The van der Waals surface area contributed by atoms with Crippen LogP contribution in [0.2, 0.25) is 0 Å². The number of allylic oxidation sites excluding steroid dienone is 1. The maximum atomic E-state index is 3.76. The van der Waals surface area contributed by atoms with Crippen LogP contribution in [0.15, 0.2) is 40.9 Å². The predicted octanol–water partition coefficient (Wildman–Crippen LogP) is 4.06. The van der Waals surface area contributed by atoms with Crippen LogP contribution in [0.4, 0.5) is 0 Å². The Morgan fingerprint density at radius 3 is 2.94 bits per heavy atom. The number of hydrogen-bond acceptors (Lipinski definition) is 1. The van der Waals surface area contributed by atoms with E-state index in [1.807, 2.05) is 0 Å². The Hall–Kier alpha value is -0.600. The first kappa shape index (κ1) is 11.5. The number of halogens is 1. The van der Waals surface area contributed by atoms with Gasteiger partial charge in [0.2, 0.25) is 0 Å². The quantitative estimate of drug-likeness (QED) is 0.828. The maximum absolute atomic E-state index is 3.76. The van der Waals surface area contributed by atoms with Crippen LogP contribution in [-0.2, 0) is 0 Å². The van der Waals surface area contributed by atoms with Gasteiger partial charge >= 0.3 is 0 Å². The first-order valence-electron chi connectivity index (χ1n) is 6.43. The molecular weight excluding hydrogens is 274 g/mol. The van der Waals surface area contributed by atoms with Gasteiger partial charge < -0.3 is 5.32 Å². The second kappa shape index (κ2) is 4.58. The minimum Gasteiger partial charge on any atom is -0.307 e. The molecule has 0 aromatic heterocycles. The molecule has 1 saturated carbocycles. The van der Waals surface area contributed by atoms with Crippen molar-refractivity contribution in [3.8, 4) is 0 Å². The summed E-state index contributed by atoms with van der Waals surface area (Å²) in [5, 5.41) is 3.76. The molecule has 1 aromatic carbocycles. The van der Waals surface area contributed by atoms with E-state index in [2.05, 4.69) is 64.6 Å². The Morgan fingerprint density at radius 1 is 1.35 bits per heavy atom. The Balaban J connectivity index is 1.66. The summed E-state index contributed by atoms with van der Waals surface area (Å²) in [6.45, 7) is 2.26. The van der Waals surface area contributed by atoms with Crippen molar-refractivity contribution in [3.63, 3.8) is 0 Å². The molecule has 0 saturated heterocycles. The van der Waals surface area contributed by atoms with Crippen molar-refractivity contribution in [2.24, 2.45) is 11.8 Å². The molecule has 1 fully saturated rings. The summed E-state index contributed by atoms with van der Waals surface area (Å²) in [5.41, 5.74) is 1.36. The zero-order chi connectivity index (χ0) is 11.8. The molecule has 0 amide bonds. The average molecular weight is 292 g/mol. The highest BCUT2D eigenvalue weighted by molar-refractivity contribution is 9.10. The Bertz CT molecular complexity index is 440. The molecule has 0 bridgehead atoms. The third-order valence-corrected chi connectivity index (χ3v) is 4.92. The van der Waals surface area contributed by atoms with Crippen molar-refractivity contribution < 1.29 is 0 Å². The number of hydrogen-bond donors (Lipinski definition) is 1. The predicted molar refractivity (Wildman–Crippen MR) is 74.8 cm³/mol. The summed E-state index contributed by atoms with van der Waals surface area (Å²) in [6, 6.07) is 9.59. The van der Waals surface area contributed by atoms with E-state index in [-0.39, 0.29) is 0 Å². The van der Waals surface area contributed by atoms with Crippen molar-refractivity contribution >= 4 is 15.9 Å². The molecule has 0 heterocycles. The highest BCUT2D eigenvalue weighted by Crippen LogP contribution is 2.43. The van der Waals surface area contributed by atoms with Gasteiger partial charge in [-0.2, -0.15) is 0 Å². The molecule has 90 valence electrons. The van der Waals surface area contributed by atoms with E-state index in [1.165, 1.54) is 22.9 Å². The topological polar surface area (TPSA) is 12.0 Å². The molecule has 3 rings (SSSR count). The van der Waals surface area contributed by atoms with Gasteiger partial charge in [0.25, 0.3) is 0 Å². The zero-order valence-corrected chi connectivity index (χ0v) is 11.7. The summed E-state index contributed by atoms with van der Waals surface area (Å²) in [6.07, 6.45) is 7.39. The second-order valence-electron chi connectivity index (χ2n) is 5.25. The molecule has 1 nitrogen and oxygen atoms in total. The fourth-order valence-corrected chi connectivity index (χ4v) is 3.77. The van der Waals surface area contributed by atoms with Crippen molar-refractivity contribution in [1.82, 2.24) is 5.32 Å². The first-order chi connectivity index (χ1) is 8.25. The number of fused-ring (bicyclic) bond motifs is 1. The Morgan fingerprint density at radius 2 is 2.18 bits per heavy atom. The van der Waals surface area contributed by atoms with Gasteiger partial charge in [-0.25, -0.2) is 0 Å².